The van der Waals surface area contributed by atoms with E-state index in [1.165, 1.54) is 12.1 Å². The second-order valence-corrected chi connectivity index (χ2v) is 4.67. The molecule has 0 radical (unpaired) electrons. The lowest BCUT2D eigenvalue weighted by molar-refractivity contribution is 0.136. The minimum absolute atomic E-state index is 0.164. The standard InChI is InChI=1S/C13H18FNO2/c1-9(17)10-4-5-15(7-10)13-3-2-12(14)6-11(13)8-16/h2-3,6,9-10,16-17H,4-5,7-8H2,1H3. The Labute approximate surface area is 100 Å². The highest BCUT2D eigenvalue weighted by Crippen LogP contribution is 2.29. The Hall–Kier alpha value is -1.13. The van der Waals surface area contributed by atoms with Crippen molar-refractivity contribution in [3.63, 3.8) is 0 Å². The highest BCUT2D eigenvalue weighted by atomic mass is 19.1. The van der Waals surface area contributed by atoms with Gasteiger partial charge in [-0.1, -0.05) is 0 Å². The van der Waals surface area contributed by atoms with Gasteiger partial charge in [-0.05, 0) is 31.5 Å². The van der Waals surface area contributed by atoms with Gasteiger partial charge in [-0.15, -0.1) is 0 Å². The summed E-state index contributed by atoms with van der Waals surface area (Å²) >= 11 is 0. The first-order valence-corrected chi connectivity index (χ1v) is 5.94. The maximum Gasteiger partial charge on any atom is 0.123 e. The lowest BCUT2D eigenvalue weighted by Gasteiger charge is -2.22. The van der Waals surface area contributed by atoms with Crippen molar-refractivity contribution in [2.24, 2.45) is 5.92 Å². The zero-order chi connectivity index (χ0) is 12.4. The Balaban J connectivity index is 2.18. The van der Waals surface area contributed by atoms with Gasteiger partial charge in [0.2, 0.25) is 0 Å². The molecule has 0 aromatic heterocycles. The summed E-state index contributed by atoms with van der Waals surface area (Å²) in [6.45, 7) is 3.24. The van der Waals surface area contributed by atoms with Crippen molar-refractivity contribution in [2.45, 2.75) is 26.1 Å². The molecule has 3 nitrogen and oxygen atoms in total. The van der Waals surface area contributed by atoms with E-state index in [-0.39, 0.29) is 24.4 Å². The maximum atomic E-state index is 13.1. The van der Waals surface area contributed by atoms with Gasteiger partial charge in [0.05, 0.1) is 12.7 Å². The molecule has 1 aliphatic heterocycles. The van der Waals surface area contributed by atoms with Crippen LogP contribution in [0.15, 0.2) is 18.2 Å². The predicted octanol–water partition coefficient (Wildman–Crippen LogP) is 1.53. The Bertz CT molecular complexity index is 395. The van der Waals surface area contributed by atoms with Crippen LogP contribution in [0.3, 0.4) is 0 Å². The van der Waals surface area contributed by atoms with Crippen molar-refractivity contribution in [3.05, 3.63) is 29.6 Å². The first-order valence-electron chi connectivity index (χ1n) is 5.94. The van der Waals surface area contributed by atoms with Gasteiger partial charge in [-0.25, -0.2) is 4.39 Å². The van der Waals surface area contributed by atoms with Gasteiger partial charge in [0, 0.05) is 30.3 Å². The largest absolute Gasteiger partial charge is 0.393 e. The van der Waals surface area contributed by atoms with Gasteiger partial charge in [0.15, 0.2) is 0 Å². The maximum absolute atomic E-state index is 13.1. The number of halogens is 1. The van der Waals surface area contributed by atoms with Gasteiger partial charge >= 0.3 is 0 Å². The van der Waals surface area contributed by atoms with Crippen LogP contribution >= 0.6 is 0 Å². The summed E-state index contributed by atoms with van der Waals surface area (Å²) in [7, 11) is 0. The van der Waals surface area contributed by atoms with Crippen molar-refractivity contribution >= 4 is 5.69 Å². The zero-order valence-electron chi connectivity index (χ0n) is 9.93. The topological polar surface area (TPSA) is 43.7 Å². The van der Waals surface area contributed by atoms with Gasteiger partial charge < -0.3 is 15.1 Å². The smallest absolute Gasteiger partial charge is 0.123 e. The van der Waals surface area contributed by atoms with E-state index in [4.69, 9.17) is 0 Å². The summed E-state index contributed by atoms with van der Waals surface area (Å²) in [6.07, 6.45) is 0.609. The molecule has 2 N–H and O–H groups in total. The van der Waals surface area contributed by atoms with Crippen LogP contribution in [0.1, 0.15) is 18.9 Å². The van der Waals surface area contributed by atoms with Crippen molar-refractivity contribution in [2.75, 3.05) is 18.0 Å². The third-order valence-corrected chi connectivity index (χ3v) is 3.46. The summed E-state index contributed by atoms with van der Waals surface area (Å²) in [6, 6.07) is 4.47. The van der Waals surface area contributed by atoms with Crippen LogP contribution in [0, 0.1) is 11.7 Å². The van der Waals surface area contributed by atoms with Gasteiger partial charge in [0.1, 0.15) is 5.82 Å². The molecule has 1 fully saturated rings. The number of benzene rings is 1. The Morgan fingerprint density at radius 2 is 2.29 bits per heavy atom. The van der Waals surface area contributed by atoms with Crippen LogP contribution in [0.2, 0.25) is 0 Å². The van der Waals surface area contributed by atoms with E-state index in [9.17, 15) is 14.6 Å². The zero-order valence-corrected chi connectivity index (χ0v) is 9.93. The van der Waals surface area contributed by atoms with Crippen molar-refractivity contribution in [1.82, 2.24) is 0 Å². The van der Waals surface area contributed by atoms with Gasteiger partial charge in [-0.2, -0.15) is 0 Å². The number of aliphatic hydroxyl groups is 2. The molecule has 1 aromatic rings. The number of hydrogen-bond acceptors (Lipinski definition) is 3. The monoisotopic (exact) mass is 239 g/mol. The first-order chi connectivity index (χ1) is 8.11. The molecule has 0 aliphatic carbocycles. The lowest BCUT2D eigenvalue weighted by Crippen LogP contribution is -2.24. The molecular weight excluding hydrogens is 221 g/mol. The molecule has 2 unspecified atom stereocenters. The predicted molar refractivity (Wildman–Crippen MR) is 64.3 cm³/mol. The van der Waals surface area contributed by atoms with E-state index < -0.39 is 0 Å². The normalized spacial score (nSPS) is 21.9. The van der Waals surface area contributed by atoms with E-state index in [1.54, 1.807) is 13.0 Å². The van der Waals surface area contributed by atoms with Crippen LogP contribution in [0.4, 0.5) is 10.1 Å². The summed E-state index contributed by atoms with van der Waals surface area (Å²) in [5, 5.41) is 18.8. The van der Waals surface area contributed by atoms with Crippen molar-refractivity contribution < 1.29 is 14.6 Å². The Morgan fingerprint density at radius 3 is 2.88 bits per heavy atom. The van der Waals surface area contributed by atoms with Gasteiger partial charge in [-0.3, -0.25) is 0 Å². The molecule has 2 atom stereocenters. The molecule has 94 valence electrons. The van der Waals surface area contributed by atoms with Gasteiger partial charge in [0.25, 0.3) is 0 Å². The summed E-state index contributed by atoms with van der Waals surface area (Å²) in [4.78, 5) is 2.10. The minimum Gasteiger partial charge on any atom is -0.393 e. The van der Waals surface area contributed by atoms with Crippen molar-refractivity contribution in [1.29, 1.82) is 0 Å². The highest BCUT2D eigenvalue weighted by Gasteiger charge is 2.27. The van der Waals surface area contributed by atoms with E-state index in [0.29, 0.717) is 5.56 Å². The Kier molecular flexibility index (Phi) is 3.64. The minimum atomic E-state index is -0.330. The molecule has 2 rings (SSSR count). The summed E-state index contributed by atoms with van der Waals surface area (Å²) in [5.74, 6) is -0.0735. The average molecular weight is 239 g/mol. The molecule has 4 heteroatoms. The molecule has 1 heterocycles. The molecule has 0 spiro atoms. The second-order valence-electron chi connectivity index (χ2n) is 4.67. The van der Waals surface area contributed by atoms with Crippen LogP contribution in [0.5, 0.6) is 0 Å². The molecule has 1 aromatic carbocycles. The molecule has 17 heavy (non-hydrogen) atoms. The second kappa shape index (κ2) is 5.02. The fraction of sp³-hybridized carbons (Fsp3) is 0.538. The average Bonchev–Trinajstić information content (AvgIpc) is 2.78. The fourth-order valence-corrected chi connectivity index (χ4v) is 2.39. The number of rotatable bonds is 3. The van der Waals surface area contributed by atoms with Crippen LogP contribution in [0.25, 0.3) is 0 Å². The molecule has 0 amide bonds. The number of aliphatic hydroxyl groups excluding tert-OH is 2. The lowest BCUT2D eigenvalue weighted by atomic mass is 10.0. The number of anilines is 1. The molecule has 1 aliphatic rings. The van der Waals surface area contributed by atoms with Crippen LogP contribution in [-0.2, 0) is 6.61 Å². The summed E-state index contributed by atoms with van der Waals surface area (Å²) in [5.41, 5.74) is 1.48. The highest BCUT2D eigenvalue weighted by molar-refractivity contribution is 5.54. The van der Waals surface area contributed by atoms with E-state index >= 15 is 0 Å². The number of nitrogens with zero attached hydrogens (tertiary/aromatic N) is 1. The summed E-state index contributed by atoms with van der Waals surface area (Å²) < 4.78 is 13.1. The number of hydrogen-bond donors (Lipinski definition) is 2. The quantitative estimate of drug-likeness (QED) is 0.840. The SMILES string of the molecule is CC(O)C1CCN(c2ccc(F)cc2CO)C1. The molecular formula is C13H18FNO2. The van der Waals surface area contributed by atoms with E-state index in [1.807, 2.05) is 0 Å². The first kappa shape index (κ1) is 12.3. The third-order valence-electron chi connectivity index (χ3n) is 3.46. The third kappa shape index (κ3) is 2.58. The van der Waals surface area contributed by atoms with E-state index in [0.717, 1.165) is 25.2 Å². The molecule has 0 saturated carbocycles. The fourth-order valence-electron chi connectivity index (χ4n) is 2.39. The Morgan fingerprint density at radius 1 is 1.53 bits per heavy atom. The van der Waals surface area contributed by atoms with E-state index in [2.05, 4.69) is 4.90 Å². The van der Waals surface area contributed by atoms with Crippen molar-refractivity contribution in [3.8, 4) is 0 Å². The molecule has 1 saturated heterocycles. The molecule has 0 bridgehead atoms. The van der Waals surface area contributed by atoms with Crippen LogP contribution in [-0.4, -0.2) is 29.4 Å². The van der Waals surface area contributed by atoms with Crippen LogP contribution < -0.4 is 4.90 Å².